The zero-order valence-corrected chi connectivity index (χ0v) is 21.4. The van der Waals surface area contributed by atoms with E-state index in [0.29, 0.717) is 18.8 Å². The molecule has 2 aromatic carbocycles. The summed E-state index contributed by atoms with van der Waals surface area (Å²) < 4.78 is 29.0. The summed E-state index contributed by atoms with van der Waals surface area (Å²) in [6.45, 7) is 4.80. The van der Waals surface area contributed by atoms with E-state index in [2.05, 4.69) is 32.5 Å². The summed E-state index contributed by atoms with van der Waals surface area (Å²) in [6.07, 6.45) is 1.62. The number of pyridine rings is 1. The van der Waals surface area contributed by atoms with Crippen LogP contribution in [0.5, 0.6) is 0 Å². The fourth-order valence-electron chi connectivity index (χ4n) is 4.13. The van der Waals surface area contributed by atoms with E-state index in [-0.39, 0.29) is 19.0 Å². The third kappa shape index (κ3) is 6.07. The van der Waals surface area contributed by atoms with Gasteiger partial charge in [0.1, 0.15) is 17.8 Å². The Labute approximate surface area is 216 Å². The number of benzene rings is 2. The summed E-state index contributed by atoms with van der Waals surface area (Å²) in [4.78, 5) is 17.6. The van der Waals surface area contributed by atoms with Crippen LogP contribution in [-0.4, -0.2) is 61.0 Å². The maximum absolute atomic E-state index is 12.7. The molecule has 0 spiro atoms. The predicted molar refractivity (Wildman–Crippen MR) is 141 cm³/mol. The number of carboxylic acids is 1. The third-order valence-electron chi connectivity index (χ3n) is 6.24. The topological polar surface area (TPSA) is 127 Å². The van der Waals surface area contributed by atoms with Crippen LogP contribution in [0, 0.1) is 29.1 Å². The van der Waals surface area contributed by atoms with Gasteiger partial charge in [-0.05, 0) is 53.8 Å². The summed E-state index contributed by atoms with van der Waals surface area (Å²) >= 11 is 0. The molecule has 0 unspecified atom stereocenters. The molecule has 0 saturated carbocycles. The van der Waals surface area contributed by atoms with Gasteiger partial charge in [0.2, 0.25) is 0 Å². The highest BCUT2D eigenvalue weighted by atomic mass is 32.2. The number of nitrogens with one attached hydrogen (secondary N) is 1. The van der Waals surface area contributed by atoms with Crippen LogP contribution in [-0.2, 0) is 15.0 Å². The van der Waals surface area contributed by atoms with E-state index in [9.17, 15) is 23.6 Å². The Morgan fingerprint density at radius 2 is 1.68 bits per heavy atom. The van der Waals surface area contributed by atoms with Gasteiger partial charge >= 0.3 is 5.97 Å². The van der Waals surface area contributed by atoms with Crippen molar-refractivity contribution < 1.29 is 18.3 Å². The van der Waals surface area contributed by atoms with Crippen LogP contribution in [0.15, 0.2) is 54.7 Å². The normalized spacial score (nSPS) is 15.1. The quantitative estimate of drug-likeness (QED) is 0.481. The van der Waals surface area contributed by atoms with E-state index in [0.717, 1.165) is 27.6 Å². The number of carbonyl (C=O) groups is 1. The van der Waals surface area contributed by atoms with Crippen molar-refractivity contribution in [1.29, 1.82) is 5.26 Å². The monoisotopic (exact) mass is 517 g/mol. The van der Waals surface area contributed by atoms with Gasteiger partial charge in [0.05, 0.1) is 0 Å². The molecule has 0 aliphatic carbocycles. The molecule has 0 radical (unpaired) electrons. The van der Waals surface area contributed by atoms with Gasteiger partial charge in [0.15, 0.2) is 0 Å². The van der Waals surface area contributed by atoms with Crippen LogP contribution in [0.25, 0.3) is 10.8 Å². The van der Waals surface area contributed by atoms with Crippen LogP contribution < -0.4 is 9.62 Å². The molecule has 1 aliphatic heterocycles. The van der Waals surface area contributed by atoms with Crippen molar-refractivity contribution in [3.63, 3.8) is 0 Å². The lowest BCUT2D eigenvalue weighted by atomic mass is 10.1. The molecular formula is C27H27N5O4S. The average Bonchev–Trinajstić information content (AvgIpc) is 2.90. The molecule has 2 heterocycles. The van der Waals surface area contributed by atoms with E-state index >= 15 is 0 Å². The first-order chi connectivity index (χ1) is 17.7. The number of hydrogen-bond donors (Lipinski definition) is 2. The van der Waals surface area contributed by atoms with Gasteiger partial charge in [-0.25, -0.2) is 4.98 Å². The van der Waals surface area contributed by atoms with E-state index in [4.69, 9.17) is 0 Å². The van der Waals surface area contributed by atoms with Crippen LogP contribution >= 0.6 is 0 Å². The van der Waals surface area contributed by atoms with Crippen molar-refractivity contribution in [1.82, 2.24) is 14.0 Å². The number of carboxylic acid groups (broad SMARTS) is 1. The maximum Gasteiger partial charge on any atom is 0.322 e. The standard InChI is InChI=1S/C27H27N5O4S/c1-19(2)26(27(33)34)30-37(35,36)32-15-13-31(14-16-32)23-9-6-20(7-10-23)3-4-21-5-8-22-11-12-29-25(18-28)24(22)17-21/h5-12,17,19,26,30H,13-16H2,1-2H3,(H,33,34)/t26-/m1/s1. The minimum atomic E-state index is -3.90. The predicted octanol–water partition coefficient (Wildman–Crippen LogP) is 2.57. The number of hydrogen-bond acceptors (Lipinski definition) is 6. The van der Waals surface area contributed by atoms with Gasteiger partial charge in [-0.15, -0.1) is 0 Å². The number of aliphatic carboxylic acids is 1. The smallest absolute Gasteiger partial charge is 0.322 e. The SMILES string of the molecule is CC(C)[C@@H](NS(=O)(=O)N1CCN(c2ccc(C#Cc3ccc4ccnc(C#N)c4c3)cc2)CC1)C(=O)O. The lowest BCUT2D eigenvalue weighted by Crippen LogP contribution is -2.55. The molecule has 1 fully saturated rings. The van der Waals surface area contributed by atoms with Crippen molar-refractivity contribution in [2.45, 2.75) is 19.9 Å². The largest absolute Gasteiger partial charge is 0.480 e. The van der Waals surface area contributed by atoms with Crippen LogP contribution in [0.4, 0.5) is 5.69 Å². The second-order valence-electron chi connectivity index (χ2n) is 9.07. The fourth-order valence-corrected chi connectivity index (χ4v) is 5.62. The van der Waals surface area contributed by atoms with Crippen molar-refractivity contribution in [2.75, 3.05) is 31.1 Å². The molecule has 190 valence electrons. The molecule has 1 aliphatic rings. The second kappa shape index (κ2) is 11.0. The first-order valence-corrected chi connectivity index (χ1v) is 13.3. The highest BCUT2D eigenvalue weighted by Crippen LogP contribution is 2.20. The molecular weight excluding hydrogens is 490 g/mol. The van der Waals surface area contributed by atoms with Gasteiger partial charge in [-0.1, -0.05) is 31.8 Å². The summed E-state index contributed by atoms with van der Waals surface area (Å²) in [7, 11) is -3.90. The lowest BCUT2D eigenvalue weighted by molar-refractivity contribution is -0.140. The summed E-state index contributed by atoms with van der Waals surface area (Å²) in [5.41, 5.74) is 2.94. The molecule has 1 aromatic heterocycles. The number of anilines is 1. The molecule has 4 rings (SSSR count). The van der Waals surface area contributed by atoms with E-state index in [1.54, 1.807) is 20.0 Å². The van der Waals surface area contributed by atoms with Gasteiger partial charge in [0.25, 0.3) is 10.2 Å². The summed E-state index contributed by atoms with van der Waals surface area (Å²) in [5, 5.41) is 20.3. The van der Waals surface area contributed by atoms with Crippen molar-refractivity contribution >= 4 is 32.6 Å². The number of nitriles is 1. The van der Waals surface area contributed by atoms with Gasteiger partial charge in [-0.3, -0.25) is 4.79 Å². The second-order valence-corrected chi connectivity index (χ2v) is 10.8. The number of nitrogens with zero attached hydrogens (tertiary/aromatic N) is 4. The number of aromatic nitrogens is 1. The Kier molecular flexibility index (Phi) is 7.74. The summed E-state index contributed by atoms with van der Waals surface area (Å²) in [5.74, 6) is 4.71. The molecule has 9 nitrogen and oxygen atoms in total. The Bertz CT molecular complexity index is 1510. The van der Waals surface area contributed by atoms with E-state index < -0.39 is 22.2 Å². The number of fused-ring (bicyclic) bond motifs is 1. The van der Waals surface area contributed by atoms with Crippen molar-refractivity contribution in [3.8, 4) is 17.9 Å². The van der Waals surface area contributed by atoms with Gasteiger partial charge < -0.3 is 10.0 Å². The van der Waals surface area contributed by atoms with Crippen LogP contribution in [0.2, 0.25) is 0 Å². The highest BCUT2D eigenvalue weighted by Gasteiger charge is 2.32. The molecule has 0 bridgehead atoms. The van der Waals surface area contributed by atoms with Crippen molar-refractivity contribution in [3.05, 3.63) is 71.5 Å². The Morgan fingerprint density at radius 3 is 2.30 bits per heavy atom. The fraction of sp³-hybridized carbons (Fsp3) is 0.296. The molecule has 10 heteroatoms. The van der Waals surface area contributed by atoms with Crippen molar-refractivity contribution in [2.24, 2.45) is 5.92 Å². The maximum atomic E-state index is 12.7. The molecule has 1 atom stereocenters. The lowest BCUT2D eigenvalue weighted by Gasteiger charge is -2.36. The molecule has 1 saturated heterocycles. The van der Waals surface area contributed by atoms with E-state index in [1.807, 2.05) is 48.5 Å². The first-order valence-electron chi connectivity index (χ1n) is 11.8. The van der Waals surface area contributed by atoms with E-state index in [1.165, 1.54) is 4.31 Å². The Hall–Kier alpha value is -3.96. The average molecular weight is 518 g/mol. The van der Waals surface area contributed by atoms with Gasteiger partial charge in [0, 0.05) is 54.6 Å². The molecule has 37 heavy (non-hydrogen) atoms. The molecule has 0 amide bonds. The molecule has 3 aromatic rings. The van der Waals surface area contributed by atoms with Gasteiger partial charge in [-0.2, -0.15) is 22.7 Å². The van der Waals surface area contributed by atoms with Crippen LogP contribution in [0.1, 0.15) is 30.7 Å². The number of rotatable bonds is 6. The zero-order chi connectivity index (χ0) is 26.6. The molecule has 2 N–H and O–H groups in total. The Morgan fingerprint density at radius 1 is 1.03 bits per heavy atom. The number of piperazine rings is 1. The minimum Gasteiger partial charge on any atom is -0.480 e. The third-order valence-corrected chi connectivity index (χ3v) is 7.84. The zero-order valence-electron chi connectivity index (χ0n) is 20.5. The van der Waals surface area contributed by atoms with Crippen LogP contribution in [0.3, 0.4) is 0 Å². The summed E-state index contributed by atoms with van der Waals surface area (Å²) in [6, 6.07) is 16.2. The minimum absolute atomic E-state index is 0.253. The Balaban J connectivity index is 1.40. The highest BCUT2D eigenvalue weighted by molar-refractivity contribution is 7.87. The first kappa shape index (κ1) is 26.1.